The van der Waals surface area contributed by atoms with Crippen molar-refractivity contribution in [1.82, 2.24) is 0 Å². The molecule has 0 saturated carbocycles. The van der Waals surface area contributed by atoms with Gasteiger partial charge in [-0.05, 0) is 38.1 Å². The number of carbonyl (C=O) groups excluding carboxylic acids is 3. The molecule has 30 heavy (non-hydrogen) atoms. The smallest absolute Gasteiger partial charge is 0.344 e. The maximum absolute atomic E-state index is 12.7. The van der Waals surface area contributed by atoms with Crippen molar-refractivity contribution in [3.05, 3.63) is 54.6 Å². The average Bonchev–Trinajstić information content (AvgIpc) is 2.75. The van der Waals surface area contributed by atoms with E-state index in [2.05, 4.69) is 0 Å². The van der Waals surface area contributed by atoms with Crippen LogP contribution in [0.2, 0.25) is 0 Å². The third-order valence-electron chi connectivity index (χ3n) is 4.14. The number of likely N-dealkylation sites (N-methyl/N-ethyl adjacent to an activating group) is 1. The number of benzene rings is 2. The van der Waals surface area contributed by atoms with E-state index in [1.165, 1.54) is 9.80 Å². The molecule has 2 amide bonds. The second-order valence-electron chi connectivity index (χ2n) is 6.80. The van der Waals surface area contributed by atoms with Crippen LogP contribution in [0.4, 0.5) is 11.4 Å². The molecule has 0 saturated heterocycles. The predicted molar refractivity (Wildman–Crippen MR) is 114 cm³/mol. The van der Waals surface area contributed by atoms with Crippen molar-refractivity contribution in [2.45, 2.75) is 20.0 Å². The van der Waals surface area contributed by atoms with Crippen LogP contribution < -0.4 is 20.3 Å². The van der Waals surface area contributed by atoms with Crippen LogP contribution in [-0.4, -0.2) is 50.6 Å². The molecular formula is C22H27N3O5. The lowest BCUT2D eigenvalue weighted by Crippen LogP contribution is -2.44. The second kappa shape index (κ2) is 11.0. The van der Waals surface area contributed by atoms with Crippen LogP contribution in [0.3, 0.4) is 0 Å². The number of nitrogens with zero attached hydrogens (tertiary/aromatic N) is 2. The van der Waals surface area contributed by atoms with Gasteiger partial charge in [-0.25, -0.2) is 4.79 Å². The maximum Gasteiger partial charge on any atom is 0.344 e. The number of ether oxygens (including phenoxy) is 2. The Kier molecular flexibility index (Phi) is 8.37. The number of hydrogen-bond donors (Lipinski definition) is 1. The topological polar surface area (TPSA) is 102 Å². The fraction of sp³-hybridized carbons (Fsp3) is 0.318. The standard InChI is InChI=1S/C22H27N3O5/c1-16(2)30-22(28)15-29-19-11-7-10-18(12-19)25(20(26)13-23)14-21(27)24(3)17-8-5-4-6-9-17/h4-12,16H,13-15,23H2,1-3H3. The average molecular weight is 413 g/mol. The monoisotopic (exact) mass is 413 g/mol. The van der Waals surface area contributed by atoms with E-state index in [0.717, 1.165) is 0 Å². The molecule has 160 valence electrons. The van der Waals surface area contributed by atoms with Gasteiger partial charge in [-0.1, -0.05) is 24.3 Å². The fourth-order valence-electron chi connectivity index (χ4n) is 2.65. The summed E-state index contributed by atoms with van der Waals surface area (Å²) in [4.78, 5) is 39.6. The molecule has 0 fully saturated rings. The summed E-state index contributed by atoms with van der Waals surface area (Å²) in [6, 6.07) is 15.7. The maximum atomic E-state index is 12.7. The van der Waals surface area contributed by atoms with Gasteiger partial charge in [-0.2, -0.15) is 0 Å². The summed E-state index contributed by atoms with van der Waals surface area (Å²) in [7, 11) is 1.64. The number of hydrogen-bond acceptors (Lipinski definition) is 6. The zero-order chi connectivity index (χ0) is 22.1. The summed E-state index contributed by atoms with van der Waals surface area (Å²) in [6.45, 7) is 2.78. The van der Waals surface area contributed by atoms with E-state index in [9.17, 15) is 14.4 Å². The first kappa shape index (κ1) is 22.9. The SMILES string of the molecule is CC(C)OC(=O)COc1cccc(N(CC(=O)N(C)c2ccccc2)C(=O)CN)c1. The Labute approximate surface area is 176 Å². The highest BCUT2D eigenvalue weighted by atomic mass is 16.6. The van der Waals surface area contributed by atoms with Gasteiger partial charge in [0.25, 0.3) is 0 Å². The number of amides is 2. The Morgan fingerprint density at radius 2 is 1.63 bits per heavy atom. The van der Waals surface area contributed by atoms with Gasteiger partial charge >= 0.3 is 5.97 Å². The summed E-state index contributed by atoms with van der Waals surface area (Å²) in [5.74, 6) is -0.826. The van der Waals surface area contributed by atoms with Gasteiger partial charge in [0.05, 0.1) is 12.6 Å². The zero-order valence-corrected chi connectivity index (χ0v) is 17.4. The van der Waals surface area contributed by atoms with E-state index in [-0.39, 0.29) is 31.7 Å². The molecular weight excluding hydrogens is 386 g/mol. The Morgan fingerprint density at radius 3 is 2.27 bits per heavy atom. The van der Waals surface area contributed by atoms with Crippen LogP contribution >= 0.6 is 0 Å². The van der Waals surface area contributed by atoms with Gasteiger partial charge in [0.2, 0.25) is 11.8 Å². The molecule has 0 spiro atoms. The Morgan fingerprint density at radius 1 is 0.967 bits per heavy atom. The van der Waals surface area contributed by atoms with Crippen molar-refractivity contribution in [3.63, 3.8) is 0 Å². The van der Waals surface area contributed by atoms with Gasteiger partial charge in [0.15, 0.2) is 6.61 Å². The van der Waals surface area contributed by atoms with E-state index in [4.69, 9.17) is 15.2 Å². The molecule has 2 rings (SSSR count). The summed E-state index contributed by atoms with van der Waals surface area (Å²) < 4.78 is 10.5. The molecule has 8 nitrogen and oxygen atoms in total. The number of rotatable bonds is 9. The van der Waals surface area contributed by atoms with Crippen molar-refractivity contribution in [1.29, 1.82) is 0 Å². The third kappa shape index (κ3) is 6.59. The van der Waals surface area contributed by atoms with Crippen molar-refractivity contribution in [3.8, 4) is 5.75 Å². The molecule has 2 aromatic carbocycles. The van der Waals surface area contributed by atoms with Crippen molar-refractivity contribution >= 4 is 29.2 Å². The molecule has 0 aliphatic heterocycles. The summed E-state index contributed by atoms with van der Waals surface area (Å²) in [6.07, 6.45) is -0.238. The minimum atomic E-state index is -0.495. The Bertz CT molecular complexity index is 870. The largest absolute Gasteiger partial charge is 0.482 e. The van der Waals surface area contributed by atoms with Crippen molar-refractivity contribution < 1.29 is 23.9 Å². The number of nitrogens with two attached hydrogens (primary N) is 1. The predicted octanol–water partition coefficient (Wildman–Crippen LogP) is 1.97. The van der Waals surface area contributed by atoms with Gasteiger partial charge in [0, 0.05) is 24.5 Å². The van der Waals surface area contributed by atoms with Crippen molar-refractivity contribution in [2.75, 3.05) is 36.5 Å². The third-order valence-corrected chi connectivity index (χ3v) is 4.14. The fourth-order valence-corrected chi connectivity index (χ4v) is 2.65. The van der Waals surface area contributed by atoms with Crippen LogP contribution in [-0.2, 0) is 19.1 Å². The minimum absolute atomic E-state index is 0.194. The highest BCUT2D eigenvalue weighted by Crippen LogP contribution is 2.22. The first-order chi connectivity index (χ1) is 14.3. The molecule has 0 aromatic heterocycles. The number of anilines is 2. The van der Waals surface area contributed by atoms with Crippen LogP contribution in [0.15, 0.2) is 54.6 Å². The summed E-state index contributed by atoms with van der Waals surface area (Å²) >= 11 is 0. The molecule has 2 N–H and O–H groups in total. The van der Waals surface area contributed by atoms with Crippen LogP contribution in [0.25, 0.3) is 0 Å². The number of esters is 1. The number of carbonyl (C=O) groups is 3. The van der Waals surface area contributed by atoms with E-state index in [1.54, 1.807) is 57.3 Å². The second-order valence-corrected chi connectivity index (χ2v) is 6.80. The van der Waals surface area contributed by atoms with Gasteiger partial charge in [-0.3, -0.25) is 9.59 Å². The molecule has 0 unspecified atom stereocenters. The Balaban J connectivity index is 2.14. The molecule has 0 aliphatic carbocycles. The lowest BCUT2D eigenvalue weighted by atomic mass is 10.2. The van der Waals surface area contributed by atoms with Crippen LogP contribution in [0.5, 0.6) is 5.75 Å². The molecule has 0 bridgehead atoms. The number of para-hydroxylation sites is 1. The van der Waals surface area contributed by atoms with Crippen molar-refractivity contribution in [2.24, 2.45) is 5.73 Å². The normalized spacial score (nSPS) is 10.4. The molecule has 2 aromatic rings. The molecule has 8 heteroatoms. The lowest BCUT2D eigenvalue weighted by molar-refractivity contribution is -0.149. The summed E-state index contributed by atoms with van der Waals surface area (Å²) in [5, 5.41) is 0. The first-order valence-electron chi connectivity index (χ1n) is 9.56. The van der Waals surface area contributed by atoms with Gasteiger partial charge in [0.1, 0.15) is 12.3 Å². The quantitative estimate of drug-likeness (QED) is 0.631. The molecule has 0 atom stereocenters. The highest BCUT2D eigenvalue weighted by Gasteiger charge is 2.21. The highest BCUT2D eigenvalue weighted by molar-refractivity contribution is 6.04. The van der Waals surface area contributed by atoms with E-state index < -0.39 is 11.9 Å². The molecule has 0 radical (unpaired) electrons. The van der Waals surface area contributed by atoms with E-state index in [0.29, 0.717) is 17.1 Å². The molecule has 0 aliphatic rings. The van der Waals surface area contributed by atoms with E-state index >= 15 is 0 Å². The van der Waals surface area contributed by atoms with Gasteiger partial charge in [-0.15, -0.1) is 0 Å². The van der Waals surface area contributed by atoms with Gasteiger partial charge < -0.3 is 25.0 Å². The zero-order valence-electron chi connectivity index (χ0n) is 17.4. The summed E-state index contributed by atoms with van der Waals surface area (Å²) in [5.41, 5.74) is 6.70. The van der Waals surface area contributed by atoms with Crippen LogP contribution in [0, 0.1) is 0 Å². The lowest BCUT2D eigenvalue weighted by Gasteiger charge is -2.25. The van der Waals surface area contributed by atoms with Crippen LogP contribution in [0.1, 0.15) is 13.8 Å². The molecule has 0 heterocycles. The van der Waals surface area contributed by atoms with E-state index in [1.807, 2.05) is 18.2 Å². The minimum Gasteiger partial charge on any atom is -0.482 e. The Hall–Kier alpha value is -3.39. The first-order valence-corrected chi connectivity index (χ1v) is 9.56.